The summed E-state index contributed by atoms with van der Waals surface area (Å²) in [7, 11) is 0. The molecule has 1 fully saturated rings. The van der Waals surface area contributed by atoms with Crippen LogP contribution in [-0.2, 0) is 19.1 Å². The molecular weight excluding hydrogens is 262 g/mol. The molecule has 114 valence electrons. The number of hydrogen-bond donors (Lipinski definition) is 1. The van der Waals surface area contributed by atoms with Gasteiger partial charge in [0.1, 0.15) is 6.54 Å². The Bertz CT molecular complexity index is 416. The van der Waals surface area contributed by atoms with Gasteiger partial charge < -0.3 is 14.7 Å². The Hall–Kier alpha value is -1.59. The minimum Gasteiger partial charge on any atom is -0.481 e. The van der Waals surface area contributed by atoms with Crippen molar-refractivity contribution in [3.63, 3.8) is 0 Å². The number of carboxylic acid groups (broad SMARTS) is 1. The van der Waals surface area contributed by atoms with E-state index in [0.717, 1.165) is 0 Å². The minimum absolute atomic E-state index is 0.136. The molecule has 1 aliphatic rings. The molecule has 0 aromatic heterocycles. The normalized spacial score (nSPS) is 23.3. The van der Waals surface area contributed by atoms with Crippen molar-refractivity contribution in [2.24, 2.45) is 17.3 Å². The predicted octanol–water partition coefficient (Wildman–Crippen LogP) is 1.14. The number of amides is 1. The fourth-order valence-corrected chi connectivity index (χ4v) is 2.60. The van der Waals surface area contributed by atoms with Crippen LogP contribution in [0, 0.1) is 17.3 Å². The Labute approximate surface area is 119 Å². The van der Waals surface area contributed by atoms with E-state index in [1.807, 2.05) is 0 Å². The van der Waals surface area contributed by atoms with E-state index in [4.69, 9.17) is 9.84 Å². The lowest BCUT2D eigenvalue weighted by Gasteiger charge is -2.26. The number of carbonyl (C=O) groups excluding carboxylic acids is 2. The second-order valence-electron chi connectivity index (χ2n) is 5.98. The first kappa shape index (κ1) is 16.5. The molecule has 0 spiro atoms. The fraction of sp³-hybridized carbons (Fsp3) is 0.786. The Morgan fingerprint density at radius 1 is 1.25 bits per heavy atom. The van der Waals surface area contributed by atoms with Gasteiger partial charge in [0.05, 0.1) is 18.4 Å². The summed E-state index contributed by atoms with van der Waals surface area (Å²) in [5.74, 6) is -2.98. The number of carboxylic acids is 1. The lowest BCUT2D eigenvalue weighted by atomic mass is 10.1. The second-order valence-corrected chi connectivity index (χ2v) is 5.98. The quantitative estimate of drug-likeness (QED) is 0.740. The molecular formula is C14H23NO5. The average Bonchev–Trinajstić information content (AvgIpc) is 2.88. The maximum absolute atomic E-state index is 12.5. The van der Waals surface area contributed by atoms with Gasteiger partial charge in [-0.05, 0) is 26.2 Å². The lowest BCUT2D eigenvalue weighted by Crippen LogP contribution is -2.43. The van der Waals surface area contributed by atoms with E-state index in [1.54, 1.807) is 34.6 Å². The van der Waals surface area contributed by atoms with Crippen LogP contribution in [0.25, 0.3) is 0 Å². The van der Waals surface area contributed by atoms with E-state index in [-0.39, 0.29) is 25.1 Å². The van der Waals surface area contributed by atoms with Crippen LogP contribution in [-0.4, -0.2) is 47.0 Å². The zero-order chi connectivity index (χ0) is 15.7. The van der Waals surface area contributed by atoms with E-state index in [1.165, 1.54) is 4.90 Å². The third-order valence-electron chi connectivity index (χ3n) is 3.87. The Kier molecular flexibility index (Phi) is 4.78. The number of nitrogens with zero attached hydrogens (tertiary/aromatic N) is 1. The Balaban J connectivity index is 2.81. The first-order valence-electron chi connectivity index (χ1n) is 6.83. The minimum atomic E-state index is -0.965. The largest absolute Gasteiger partial charge is 0.481 e. The summed E-state index contributed by atoms with van der Waals surface area (Å²) < 4.78 is 4.85. The van der Waals surface area contributed by atoms with Crippen LogP contribution in [0.2, 0.25) is 0 Å². The molecule has 2 unspecified atom stereocenters. The van der Waals surface area contributed by atoms with Crippen LogP contribution < -0.4 is 0 Å². The topological polar surface area (TPSA) is 83.9 Å². The molecule has 1 rings (SSSR count). The van der Waals surface area contributed by atoms with Gasteiger partial charge in [0, 0.05) is 6.04 Å². The first-order valence-corrected chi connectivity index (χ1v) is 6.83. The first-order chi connectivity index (χ1) is 9.14. The van der Waals surface area contributed by atoms with Crippen LogP contribution in [0.1, 0.15) is 34.6 Å². The molecule has 20 heavy (non-hydrogen) atoms. The van der Waals surface area contributed by atoms with E-state index < -0.39 is 29.2 Å². The van der Waals surface area contributed by atoms with Gasteiger partial charge in [0.25, 0.3) is 0 Å². The standard InChI is InChI=1S/C14H23NO5/c1-6-20-9(16)7-15(8(2)3)12(17)10-11(13(18)19)14(10,4)5/h8,10-11H,6-7H2,1-5H3,(H,18,19). The van der Waals surface area contributed by atoms with Crippen LogP contribution in [0.3, 0.4) is 0 Å². The van der Waals surface area contributed by atoms with Crippen molar-refractivity contribution < 1.29 is 24.2 Å². The van der Waals surface area contributed by atoms with Gasteiger partial charge in [0.2, 0.25) is 5.91 Å². The fourth-order valence-electron chi connectivity index (χ4n) is 2.60. The number of hydrogen-bond acceptors (Lipinski definition) is 4. The van der Waals surface area contributed by atoms with Gasteiger partial charge in [-0.2, -0.15) is 0 Å². The molecule has 0 aromatic rings. The van der Waals surface area contributed by atoms with Gasteiger partial charge in [-0.15, -0.1) is 0 Å². The van der Waals surface area contributed by atoms with Gasteiger partial charge in [-0.3, -0.25) is 14.4 Å². The van der Waals surface area contributed by atoms with Crippen molar-refractivity contribution >= 4 is 17.8 Å². The third kappa shape index (κ3) is 3.11. The van der Waals surface area contributed by atoms with Gasteiger partial charge in [-0.25, -0.2) is 0 Å². The molecule has 1 amide bonds. The van der Waals surface area contributed by atoms with Crippen molar-refractivity contribution in [3.8, 4) is 0 Å². The SMILES string of the molecule is CCOC(=O)CN(C(=O)C1C(C(=O)O)C1(C)C)C(C)C. The average molecular weight is 285 g/mol. The third-order valence-corrected chi connectivity index (χ3v) is 3.87. The summed E-state index contributed by atoms with van der Waals surface area (Å²) in [6.07, 6.45) is 0. The summed E-state index contributed by atoms with van der Waals surface area (Å²) in [4.78, 5) is 36.6. The molecule has 2 atom stereocenters. The Morgan fingerprint density at radius 2 is 1.80 bits per heavy atom. The smallest absolute Gasteiger partial charge is 0.325 e. The van der Waals surface area contributed by atoms with Crippen molar-refractivity contribution in [2.45, 2.75) is 40.7 Å². The zero-order valence-corrected chi connectivity index (χ0v) is 12.7. The lowest BCUT2D eigenvalue weighted by molar-refractivity contribution is -0.151. The van der Waals surface area contributed by atoms with Gasteiger partial charge in [-0.1, -0.05) is 13.8 Å². The van der Waals surface area contributed by atoms with Gasteiger partial charge in [0.15, 0.2) is 0 Å². The second kappa shape index (κ2) is 5.81. The molecule has 0 bridgehead atoms. The monoisotopic (exact) mass is 285 g/mol. The molecule has 1 saturated carbocycles. The summed E-state index contributed by atoms with van der Waals surface area (Å²) >= 11 is 0. The highest BCUT2D eigenvalue weighted by molar-refractivity contribution is 5.93. The maximum atomic E-state index is 12.5. The Morgan fingerprint density at radius 3 is 2.15 bits per heavy atom. The van der Waals surface area contributed by atoms with Gasteiger partial charge >= 0.3 is 11.9 Å². The van der Waals surface area contributed by atoms with Crippen LogP contribution in [0.4, 0.5) is 0 Å². The highest BCUT2D eigenvalue weighted by atomic mass is 16.5. The summed E-state index contributed by atoms with van der Waals surface area (Å²) in [6, 6.07) is -0.183. The summed E-state index contributed by atoms with van der Waals surface area (Å²) in [6.45, 7) is 8.93. The maximum Gasteiger partial charge on any atom is 0.325 e. The molecule has 6 heteroatoms. The van der Waals surface area contributed by atoms with E-state index >= 15 is 0 Å². The molecule has 0 saturated heterocycles. The predicted molar refractivity (Wildman–Crippen MR) is 71.9 cm³/mol. The van der Waals surface area contributed by atoms with Crippen LogP contribution >= 0.6 is 0 Å². The number of aliphatic carboxylic acids is 1. The number of esters is 1. The van der Waals surface area contributed by atoms with Crippen LogP contribution in [0.15, 0.2) is 0 Å². The molecule has 1 N–H and O–H groups in total. The molecule has 0 radical (unpaired) electrons. The number of ether oxygens (including phenoxy) is 1. The van der Waals surface area contributed by atoms with E-state index in [9.17, 15) is 14.4 Å². The van der Waals surface area contributed by atoms with Crippen molar-refractivity contribution in [1.82, 2.24) is 4.90 Å². The summed E-state index contributed by atoms with van der Waals surface area (Å²) in [5, 5.41) is 9.13. The number of carbonyl (C=O) groups is 3. The van der Waals surface area contributed by atoms with E-state index in [2.05, 4.69) is 0 Å². The zero-order valence-electron chi connectivity index (χ0n) is 12.7. The van der Waals surface area contributed by atoms with E-state index in [0.29, 0.717) is 0 Å². The van der Waals surface area contributed by atoms with Crippen molar-refractivity contribution in [2.75, 3.05) is 13.2 Å². The highest BCUT2D eigenvalue weighted by Crippen LogP contribution is 2.59. The van der Waals surface area contributed by atoms with Crippen LogP contribution in [0.5, 0.6) is 0 Å². The molecule has 1 aliphatic carbocycles. The molecule has 6 nitrogen and oxygen atoms in total. The summed E-state index contributed by atoms with van der Waals surface area (Å²) in [5.41, 5.74) is -0.565. The van der Waals surface area contributed by atoms with Crippen molar-refractivity contribution in [3.05, 3.63) is 0 Å². The highest BCUT2D eigenvalue weighted by Gasteiger charge is 2.66. The van der Waals surface area contributed by atoms with Crippen molar-refractivity contribution in [1.29, 1.82) is 0 Å². The number of rotatable bonds is 6. The molecule has 0 aliphatic heterocycles. The molecule has 0 heterocycles. The molecule has 0 aromatic carbocycles.